The van der Waals surface area contributed by atoms with Crippen LogP contribution in [0.25, 0.3) is 0 Å². The normalized spacial score (nSPS) is 16.8. The molecule has 0 heterocycles. The van der Waals surface area contributed by atoms with E-state index in [4.69, 9.17) is 4.74 Å². The quantitative estimate of drug-likeness (QED) is 0.435. The Bertz CT molecular complexity index is 678. The van der Waals surface area contributed by atoms with E-state index in [9.17, 15) is 0 Å². The van der Waals surface area contributed by atoms with Gasteiger partial charge in [-0.05, 0) is 23.1 Å². The molecule has 0 saturated carbocycles. The van der Waals surface area contributed by atoms with Crippen LogP contribution >= 0.6 is 0 Å². The molecular weight excluding hydrogens is 368 g/mol. The van der Waals surface area contributed by atoms with Crippen molar-refractivity contribution in [3.8, 4) is 5.75 Å². The summed E-state index contributed by atoms with van der Waals surface area (Å²) < 4.78 is 5.64. The van der Waals surface area contributed by atoms with Crippen LogP contribution in [-0.4, -0.2) is 15.9 Å². The summed E-state index contributed by atoms with van der Waals surface area (Å²) in [5.41, 5.74) is 7.06. The van der Waals surface area contributed by atoms with Crippen LogP contribution in [0.1, 0.15) is 59.6 Å². The molecule has 143 valence electrons. The maximum absolute atomic E-state index is 5.64. The van der Waals surface area contributed by atoms with Crippen molar-refractivity contribution in [2.75, 3.05) is 7.11 Å². The van der Waals surface area contributed by atoms with Gasteiger partial charge in [0.05, 0.1) is 15.9 Å². The zero-order valence-corrected chi connectivity index (χ0v) is 21.2. The van der Waals surface area contributed by atoms with Crippen LogP contribution in [0.3, 0.4) is 0 Å². The summed E-state index contributed by atoms with van der Waals surface area (Å²) >= 11 is 0. The number of benzene rings is 1. The van der Waals surface area contributed by atoms with Crippen LogP contribution in [0.5, 0.6) is 5.75 Å². The third-order valence-electron chi connectivity index (χ3n) is 5.02. The first-order valence-electron chi connectivity index (χ1n) is 9.17. The maximum Gasteiger partial charge on any atom is 0.121 e. The van der Waals surface area contributed by atoms with Gasteiger partial charge in [-0.3, -0.25) is 6.08 Å². The molecule has 0 fully saturated rings. The molecule has 1 nitrogen and oxygen atoms in total. The molecule has 26 heavy (non-hydrogen) atoms. The molecule has 1 aromatic rings. The molecule has 0 spiro atoms. The third-order valence-corrected chi connectivity index (χ3v) is 6.47. The van der Waals surface area contributed by atoms with Crippen LogP contribution < -0.4 is 9.92 Å². The Morgan fingerprint density at radius 2 is 1.58 bits per heavy atom. The minimum atomic E-state index is -0.483. The molecule has 3 heteroatoms. The van der Waals surface area contributed by atoms with Crippen LogP contribution in [-0.2, 0) is 27.1 Å². The zero-order chi connectivity index (χ0) is 19.5. The van der Waals surface area contributed by atoms with Gasteiger partial charge in [0.15, 0.2) is 0 Å². The van der Waals surface area contributed by atoms with E-state index in [1.165, 1.54) is 33.0 Å². The van der Waals surface area contributed by atoms with Crippen molar-refractivity contribution in [3.05, 3.63) is 46.1 Å². The first-order valence-corrected chi connectivity index (χ1v) is 11.7. The molecule has 1 aliphatic rings. The predicted octanol–water partition coefficient (Wildman–Crippen LogP) is 5.98. The molecule has 0 amide bonds. The Morgan fingerprint density at radius 3 is 1.85 bits per heavy atom. The monoisotopic (exact) mass is 404 g/mol. The second kappa shape index (κ2) is 10.1. The topological polar surface area (TPSA) is 9.23 Å². The van der Waals surface area contributed by atoms with E-state index in [0.29, 0.717) is 5.92 Å². The predicted molar refractivity (Wildman–Crippen MR) is 114 cm³/mol. The largest absolute Gasteiger partial charge is 0.497 e. The molecule has 0 aliphatic heterocycles. The molecule has 0 aromatic heterocycles. The third kappa shape index (κ3) is 6.25. The van der Waals surface area contributed by atoms with Gasteiger partial charge in [0, 0.05) is 21.7 Å². The average molecular weight is 404 g/mol. The summed E-state index contributed by atoms with van der Waals surface area (Å²) in [6.07, 6.45) is 3.36. The van der Waals surface area contributed by atoms with E-state index < -0.39 is 8.80 Å². The van der Waals surface area contributed by atoms with Gasteiger partial charge in [0.25, 0.3) is 0 Å². The van der Waals surface area contributed by atoms with E-state index in [1.807, 2.05) is 0 Å². The fraction of sp³-hybridized carbons (Fsp3) is 0.565. The molecule has 2 rings (SSSR count). The van der Waals surface area contributed by atoms with Crippen LogP contribution in [0.2, 0.25) is 13.1 Å². The van der Waals surface area contributed by atoms with Gasteiger partial charge in [0.2, 0.25) is 0 Å². The summed E-state index contributed by atoms with van der Waals surface area (Å²) in [6.45, 7) is 22.2. The maximum atomic E-state index is 5.64. The van der Waals surface area contributed by atoms with Crippen molar-refractivity contribution in [2.45, 2.75) is 73.9 Å². The van der Waals surface area contributed by atoms with Crippen LogP contribution in [0.4, 0.5) is 0 Å². The van der Waals surface area contributed by atoms with Gasteiger partial charge in [-0.2, -0.15) is 11.1 Å². The molecule has 1 unspecified atom stereocenters. The molecular formula is C23H36OSiTi-. The fourth-order valence-electron chi connectivity index (χ4n) is 3.08. The first kappa shape index (κ1) is 25.4. The number of hydrogen-bond acceptors (Lipinski definition) is 1. The SMILES string of the molecule is CC1=[C-]C(C)C(C)=C1C.COc1c([Si](C)C)cc(C)cc1C(C)(C)C.[Ti]. The van der Waals surface area contributed by atoms with Crippen LogP contribution in [0.15, 0.2) is 28.9 Å². The Hall–Kier alpha value is -0.569. The number of hydrogen-bond donors (Lipinski definition) is 0. The standard InChI is InChI=1S/C14H23OSi.C9H13.Ti/c1-10-8-11(14(2,3)4)13(15-5)12(9-10)16(6)7;1-6-5-7(2)9(4)8(6)3;/h8-9H,1-7H3;6H,1-4H3;/q;-1;. The van der Waals surface area contributed by atoms with Gasteiger partial charge < -0.3 is 4.74 Å². The summed E-state index contributed by atoms with van der Waals surface area (Å²) in [7, 11) is 1.30. The summed E-state index contributed by atoms with van der Waals surface area (Å²) in [6, 6.07) is 4.54. The molecule has 1 aromatic carbocycles. The minimum Gasteiger partial charge on any atom is -0.497 e. The fourth-order valence-corrected chi connectivity index (χ4v) is 4.29. The number of aryl methyl sites for hydroxylation is 1. The summed E-state index contributed by atoms with van der Waals surface area (Å²) in [4.78, 5) is 0. The van der Waals surface area contributed by atoms with E-state index in [2.05, 4.69) is 86.7 Å². The number of rotatable bonds is 2. The molecule has 1 aliphatic carbocycles. The first-order chi connectivity index (χ1) is 11.4. The Morgan fingerprint density at radius 1 is 1.04 bits per heavy atom. The van der Waals surface area contributed by atoms with Crippen molar-refractivity contribution in [1.29, 1.82) is 0 Å². The molecule has 1 atom stereocenters. The Kier molecular flexibility index (Phi) is 9.89. The van der Waals surface area contributed by atoms with Crippen molar-refractivity contribution >= 4 is 14.0 Å². The minimum absolute atomic E-state index is 0. The second-order valence-corrected chi connectivity index (χ2v) is 11.0. The van der Waals surface area contributed by atoms with Gasteiger partial charge in [0.1, 0.15) is 5.75 Å². The van der Waals surface area contributed by atoms with E-state index in [-0.39, 0.29) is 27.1 Å². The smallest absolute Gasteiger partial charge is 0.121 e. The number of allylic oxidation sites excluding steroid dienone is 4. The van der Waals surface area contributed by atoms with E-state index in [1.54, 1.807) is 7.11 Å². The van der Waals surface area contributed by atoms with Crippen molar-refractivity contribution in [2.24, 2.45) is 5.92 Å². The van der Waals surface area contributed by atoms with Crippen LogP contribution in [0, 0.1) is 18.9 Å². The Labute approximate surface area is 178 Å². The average Bonchev–Trinajstić information content (AvgIpc) is 2.72. The van der Waals surface area contributed by atoms with E-state index >= 15 is 0 Å². The van der Waals surface area contributed by atoms with Gasteiger partial charge in [-0.1, -0.05) is 78.3 Å². The number of methoxy groups -OCH3 is 1. The molecule has 0 N–H and O–H groups in total. The molecule has 0 bridgehead atoms. The van der Waals surface area contributed by atoms with Gasteiger partial charge in [-0.15, -0.1) is 6.92 Å². The molecule has 1 radical (unpaired) electrons. The van der Waals surface area contributed by atoms with Crippen molar-refractivity contribution in [3.63, 3.8) is 0 Å². The Balaban J connectivity index is 0.000000532. The van der Waals surface area contributed by atoms with Gasteiger partial charge in [-0.25, -0.2) is 5.57 Å². The number of ether oxygens (including phenoxy) is 1. The zero-order valence-electron chi connectivity index (χ0n) is 18.6. The summed E-state index contributed by atoms with van der Waals surface area (Å²) in [5.74, 6) is 1.67. The summed E-state index contributed by atoms with van der Waals surface area (Å²) in [5, 5.41) is 1.41. The van der Waals surface area contributed by atoms with E-state index in [0.717, 1.165) is 5.75 Å². The van der Waals surface area contributed by atoms with Gasteiger partial charge >= 0.3 is 0 Å². The van der Waals surface area contributed by atoms with Crippen molar-refractivity contribution < 1.29 is 26.5 Å². The van der Waals surface area contributed by atoms with Crippen molar-refractivity contribution in [1.82, 2.24) is 0 Å². The second-order valence-electron chi connectivity index (χ2n) is 8.44. The molecule has 0 saturated heterocycles.